The fraction of sp³-hybridized carbons (Fsp3) is 0.308. The number of amides is 2. The maximum atomic E-state index is 11.9. The molecule has 2 rings (SSSR count). The van der Waals surface area contributed by atoms with Crippen LogP contribution in [0.4, 0.5) is 5.69 Å². The van der Waals surface area contributed by atoms with Crippen molar-refractivity contribution in [1.29, 1.82) is 0 Å². The lowest BCUT2D eigenvalue weighted by Crippen LogP contribution is -2.40. The first kappa shape index (κ1) is 13.5. The Morgan fingerprint density at radius 3 is 2.47 bits per heavy atom. The lowest BCUT2D eigenvalue weighted by atomic mass is 10.1. The van der Waals surface area contributed by atoms with Gasteiger partial charge in [0, 0.05) is 18.4 Å². The van der Waals surface area contributed by atoms with Gasteiger partial charge < -0.3 is 10.5 Å². The molecule has 2 amide bonds. The summed E-state index contributed by atoms with van der Waals surface area (Å²) in [6.45, 7) is 0. The first-order chi connectivity index (χ1) is 9.04. The molecule has 1 aliphatic heterocycles. The molecular formula is C13H14N2O3S. The largest absolute Gasteiger partial charge is 0.495 e. The number of benzene rings is 1. The Labute approximate surface area is 116 Å². The molecule has 0 saturated carbocycles. The van der Waals surface area contributed by atoms with E-state index in [-0.39, 0.29) is 16.8 Å². The first-order valence-electron chi connectivity index (χ1n) is 5.88. The maximum Gasteiger partial charge on any atom is 0.233 e. The summed E-state index contributed by atoms with van der Waals surface area (Å²) >= 11 is 4.89. The molecule has 6 heteroatoms. The number of rotatable bonds is 3. The van der Waals surface area contributed by atoms with E-state index in [1.807, 2.05) is 0 Å². The molecular weight excluding hydrogens is 264 g/mol. The van der Waals surface area contributed by atoms with Crippen LogP contribution in [0.15, 0.2) is 18.2 Å². The van der Waals surface area contributed by atoms with Crippen molar-refractivity contribution in [1.82, 2.24) is 0 Å². The van der Waals surface area contributed by atoms with Gasteiger partial charge in [-0.05, 0) is 24.6 Å². The highest BCUT2D eigenvalue weighted by Gasteiger charge is 2.29. The second kappa shape index (κ2) is 5.36. The van der Waals surface area contributed by atoms with E-state index in [0.29, 0.717) is 36.3 Å². The number of carbonyl (C=O) groups is 2. The summed E-state index contributed by atoms with van der Waals surface area (Å²) in [5.74, 6) is -0.0100. The molecule has 0 spiro atoms. The number of hydrogen-bond acceptors (Lipinski definition) is 4. The van der Waals surface area contributed by atoms with E-state index < -0.39 is 0 Å². The van der Waals surface area contributed by atoms with Gasteiger partial charge in [-0.2, -0.15) is 0 Å². The maximum absolute atomic E-state index is 11.9. The minimum absolute atomic E-state index is 0.211. The van der Waals surface area contributed by atoms with Crippen molar-refractivity contribution in [3.05, 3.63) is 23.8 Å². The third kappa shape index (κ3) is 2.58. The Morgan fingerprint density at radius 1 is 1.32 bits per heavy atom. The molecule has 1 saturated heterocycles. The van der Waals surface area contributed by atoms with Crippen LogP contribution in [0.3, 0.4) is 0 Å². The highest BCUT2D eigenvalue weighted by molar-refractivity contribution is 7.80. The summed E-state index contributed by atoms with van der Waals surface area (Å²) in [7, 11) is 1.47. The van der Waals surface area contributed by atoms with E-state index in [1.165, 1.54) is 12.0 Å². The van der Waals surface area contributed by atoms with E-state index in [0.717, 1.165) is 0 Å². The molecule has 0 unspecified atom stereocenters. The van der Waals surface area contributed by atoms with E-state index in [9.17, 15) is 9.59 Å². The number of ether oxygens (including phenoxy) is 1. The van der Waals surface area contributed by atoms with E-state index in [2.05, 4.69) is 0 Å². The average Bonchev–Trinajstić information content (AvgIpc) is 2.38. The average molecular weight is 278 g/mol. The number of anilines is 1. The molecule has 1 heterocycles. The van der Waals surface area contributed by atoms with Gasteiger partial charge in [-0.3, -0.25) is 9.59 Å². The second-order valence-corrected chi connectivity index (χ2v) is 4.67. The highest BCUT2D eigenvalue weighted by Crippen LogP contribution is 2.32. The molecule has 1 fully saturated rings. The number of thiocarbonyl (C=S) groups is 1. The summed E-state index contributed by atoms with van der Waals surface area (Å²) in [6.07, 6.45) is 1.33. The minimum atomic E-state index is -0.211. The molecule has 100 valence electrons. The zero-order valence-corrected chi connectivity index (χ0v) is 11.3. The van der Waals surface area contributed by atoms with Crippen LogP contribution in [0.25, 0.3) is 0 Å². The monoisotopic (exact) mass is 278 g/mol. The van der Waals surface area contributed by atoms with Gasteiger partial charge in [0.15, 0.2) is 0 Å². The molecule has 1 aliphatic rings. The smallest absolute Gasteiger partial charge is 0.233 e. The van der Waals surface area contributed by atoms with Crippen LogP contribution in [0, 0.1) is 0 Å². The Morgan fingerprint density at radius 2 is 1.95 bits per heavy atom. The number of carbonyl (C=O) groups excluding carboxylic acids is 2. The van der Waals surface area contributed by atoms with Crippen molar-refractivity contribution in [2.75, 3.05) is 12.0 Å². The lowest BCUT2D eigenvalue weighted by Gasteiger charge is -2.26. The van der Waals surface area contributed by atoms with E-state index >= 15 is 0 Å². The number of methoxy groups -OCH3 is 1. The molecule has 0 radical (unpaired) electrons. The van der Waals surface area contributed by atoms with Gasteiger partial charge in [-0.1, -0.05) is 12.2 Å². The molecule has 1 aromatic carbocycles. The Kier molecular flexibility index (Phi) is 3.80. The van der Waals surface area contributed by atoms with Crippen LogP contribution < -0.4 is 15.4 Å². The Balaban J connectivity index is 2.46. The van der Waals surface area contributed by atoms with E-state index in [4.69, 9.17) is 22.7 Å². The summed E-state index contributed by atoms with van der Waals surface area (Å²) in [6, 6.07) is 4.94. The molecule has 0 bridgehead atoms. The summed E-state index contributed by atoms with van der Waals surface area (Å²) in [5.41, 5.74) is 6.62. The molecule has 0 aromatic heterocycles. The fourth-order valence-corrected chi connectivity index (χ4v) is 2.16. The zero-order valence-electron chi connectivity index (χ0n) is 10.5. The molecule has 2 N–H and O–H groups in total. The van der Waals surface area contributed by atoms with Crippen LogP contribution in [0.2, 0.25) is 0 Å². The number of piperidine rings is 1. The highest BCUT2D eigenvalue weighted by atomic mass is 32.1. The summed E-state index contributed by atoms with van der Waals surface area (Å²) in [4.78, 5) is 25.2. The lowest BCUT2D eigenvalue weighted by molar-refractivity contribution is -0.129. The minimum Gasteiger partial charge on any atom is -0.495 e. The Hall–Kier alpha value is -1.95. The van der Waals surface area contributed by atoms with Gasteiger partial charge in [-0.15, -0.1) is 0 Å². The van der Waals surface area contributed by atoms with Gasteiger partial charge in [0.2, 0.25) is 11.8 Å². The number of nitrogens with two attached hydrogens (primary N) is 1. The predicted octanol–water partition coefficient (Wildman–Crippen LogP) is 1.37. The topological polar surface area (TPSA) is 72.6 Å². The van der Waals surface area contributed by atoms with Gasteiger partial charge in [0.05, 0.1) is 12.8 Å². The van der Waals surface area contributed by atoms with Gasteiger partial charge in [-0.25, -0.2) is 4.90 Å². The summed E-state index contributed by atoms with van der Waals surface area (Å²) < 4.78 is 5.22. The first-order valence-corrected chi connectivity index (χ1v) is 6.29. The van der Waals surface area contributed by atoms with Crippen molar-refractivity contribution >= 4 is 34.7 Å². The van der Waals surface area contributed by atoms with Crippen molar-refractivity contribution in [3.8, 4) is 5.75 Å². The molecule has 0 aliphatic carbocycles. The quantitative estimate of drug-likeness (QED) is 0.668. The van der Waals surface area contributed by atoms with E-state index in [1.54, 1.807) is 18.2 Å². The molecule has 1 aromatic rings. The van der Waals surface area contributed by atoms with Crippen LogP contribution in [0.1, 0.15) is 24.8 Å². The third-order valence-electron chi connectivity index (χ3n) is 2.99. The zero-order chi connectivity index (χ0) is 14.0. The van der Waals surface area contributed by atoms with Crippen LogP contribution in [-0.4, -0.2) is 23.9 Å². The van der Waals surface area contributed by atoms with Crippen LogP contribution >= 0.6 is 12.2 Å². The summed E-state index contributed by atoms with van der Waals surface area (Å²) in [5, 5.41) is 0. The van der Waals surface area contributed by atoms with Crippen molar-refractivity contribution < 1.29 is 14.3 Å². The normalized spacial score (nSPS) is 15.5. The number of imide groups is 1. The number of nitrogens with zero attached hydrogens (tertiary/aromatic N) is 1. The molecule has 0 atom stereocenters. The van der Waals surface area contributed by atoms with Gasteiger partial charge in [0.25, 0.3) is 0 Å². The van der Waals surface area contributed by atoms with Gasteiger partial charge in [0.1, 0.15) is 10.7 Å². The van der Waals surface area contributed by atoms with Gasteiger partial charge >= 0.3 is 0 Å². The van der Waals surface area contributed by atoms with Crippen LogP contribution in [-0.2, 0) is 9.59 Å². The standard InChI is InChI=1S/C13H14N2O3S/c1-18-10-7-8(13(14)19)5-6-9(10)15-11(16)3-2-4-12(15)17/h5-7H,2-4H2,1H3,(H2,14,19). The second-order valence-electron chi connectivity index (χ2n) is 4.23. The van der Waals surface area contributed by atoms with Crippen LogP contribution in [0.5, 0.6) is 5.75 Å². The van der Waals surface area contributed by atoms with Crippen molar-refractivity contribution in [2.24, 2.45) is 5.73 Å². The third-order valence-corrected chi connectivity index (χ3v) is 3.22. The van der Waals surface area contributed by atoms with Crippen molar-refractivity contribution in [3.63, 3.8) is 0 Å². The molecule has 19 heavy (non-hydrogen) atoms. The fourth-order valence-electron chi connectivity index (χ4n) is 2.04. The predicted molar refractivity (Wildman–Crippen MR) is 75.2 cm³/mol. The SMILES string of the molecule is COc1cc(C(N)=S)ccc1N1C(=O)CCCC1=O. The van der Waals surface area contributed by atoms with Crippen molar-refractivity contribution in [2.45, 2.75) is 19.3 Å². The number of hydrogen-bond donors (Lipinski definition) is 1. The Bertz CT molecular complexity index is 541. The molecule has 5 nitrogen and oxygen atoms in total.